The number of carbonyl (C=O) groups is 2. The van der Waals surface area contributed by atoms with Crippen molar-refractivity contribution < 1.29 is 9.59 Å². The van der Waals surface area contributed by atoms with Crippen LogP contribution in [0.4, 0.5) is 0 Å². The van der Waals surface area contributed by atoms with Crippen LogP contribution in [0.2, 0.25) is 0 Å². The number of carbonyl (C=O) groups excluding carboxylic acids is 2. The van der Waals surface area contributed by atoms with Crippen molar-refractivity contribution in [1.82, 2.24) is 5.32 Å². The Morgan fingerprint density at radius 3 is 2.33 bits per heavy atom. The van der Waals surface area contributed by atoms with Crippen molar-refractivity contribution in [3.8, 4) is 0 Å². The summed E-state index contributed by atoms with van der Waals surface area (Å²) in [5.41, 5.74) is 1.23. The average molecular weight is 346 g/mol. The molecule has 2 rings (SSSR count). The van der Waals surface area contributed by atoms with Crippen molar-refractivity contribution in [2.45, 2.75) is 19.4 Å². The van der Waals surface area contributed by atoms with Gasteiger partial charge in [0.05, 0.1) is 5.56 Å². The molecule has 0 saturated heterocycles. The molecule has 0 radical (unpaired) electrons. The first-order valence-corrected chi connectivity index (χ1v) is 7.51. The molecule has 1 N–H and O–H groups in total. The molecule has 2 aromatic carbocycles. The van der Waals surface area contributed by atoms with Crippen LogP contribution in [0, 0.1) is 0 Å². The highest BCUT2D eigenvalue weighted by molar-refractivity contribution is 9.10. The quantitative estimate of drug-likeness (QED) is 0.836. The zero-order chi connectivity index (χ0) is 15.2. The lowest BCUT2D eigenvalue weighted by Crippen LogP contribution is -2.34. The van der Waals surface area contributed by atoms with Gasteiger partial charge in [0.2, 0.25) is 0 Å². The zero-order valence-corrected chi connectivity index (χ0v) is 13.3. The maximum atomic E-state index is 12.1. The van der Waals surface area contributed by atoms with Crippen LogP contribution in [0.3, 0.4) is 0 Å². The Hall–Kier alpha value is -1.94. The summed E-state index contributed by atoms with van der Waals surface area (Å²) in [6.45, 7) is 1.83. The topological polar surface area (TPSA) is 46.2 Å². The van der Waals surface area contributed by atoms with E-state index in [0.29, 0.717) is 11.1 Å². The second kappa shape index (κ2) is 7.18. The lowest BCUT2D eigenvalue weighted by Gasteiger charge is -2.14. The normalized spacial score (nSPS) is 11.7. The maximum Gasteiger partial charge on any atom is 0.252 e. The van der Waals surface area contributed by atoms with Crippen LogP contribution in [0.15, 0.2) is 59.1 Å². The fourth-order valence-corrected chi connectivity index (χ4v) is 2.48. The Balaban J connectivity index is 1.96. The van der Waals surface area contributed by atoms with Gasteiger partial charge >= 0.3 is 0 Å². The van der Waals surface area contributed by atoms with E-state index in [1.165, 1.54) is 0 Å². The average Bonchev–Trinajstić information content (AvgIpc) is 2.48. The highest BCUT2D eigenvalue weighted by Crippen LogP contribution is 2.16. The van der Waals surface area contributed by atoms with E-state index >= 15 is 0 Å². The molecule has 0 aromatic heterocycles. The molecule has 0 aliphatic heterocycles. The first kappa shape index (κ1) is 15.4. The van der Waals surface area contributed by atoms with E-state index in [1.54, 1.807) is 24.3 Å². The molecule has 0 fully saturated rings. The van der Waals surface area contributed by atoms with Crippen LogP contribution in [-0.4, -0.2) is 17.7 Å². The van der Waals surface area contributed by atoms with Gasteiger partial charge in [0.1, 0.15) is 0 Å². The van der Waals surface area contributed by atoms with Gasteiger partial charge in [-0.1, -0.05) is 42.5 Å². The van der Waals surface area contributed by atoms with Gasteiger partial charge in [-0.15, -0.1) is 0 Å². The van der Waals surface area contributed by atoms with Crippen molar-refractivity contribution in [3.63, 3.8) is 0 Å². The minimum atomic E-state index is -0.225. The van der Waals surface area contributed by atoms with Crippen LogP contribution in [0.5, 0.6) is 0 Å². The number of hydrogen-bond donors (Lipinski definition) is 1. The predicted molar refractivity (Wildman–Crippen MR) is 86.5 cm³/mol. The second-order valence-electron chi connectivity index (χ2n) is 4.85. The molecule has 0 heterocycles. The van der Waals surface area contributed by atoms with Crippen LogP contribution in [-0.2, 0) is 0 Å². The minimum Gasteiger partial charge on any atom is -0.349 e. The van der Waals surface area contributed by atoms with Crippen molar-refractivity contribution in [2.75, 3.05) is 0 Å². The third-order valence-corrected chi connectivity index (χ3v) is 3.77. The molecule has 0 saturated carbocycles. The monoisotopic (exact) mass is 345 g/mol. The summed E-state index contributed by atoms with van der Waals surface area (Å²) < 4.78 is 0.740. The summed E-state index contributed by atoms with van der Waals surface area (Å²) in [7, 11) is 0. The maximum absolute atomic E-state index is 12.1. The molecule has 0 unspecified atom stereocenters. The number of rotatable bonds is 5. The Kier molecular flexibility index (Phi) is 5.28. The third-order valence-electron chi connectivity index (χ3n) is 3.08. The van der Waals surface area contributed by atoms with Gasteiger partial charge in [0.25, 0.3) is 5.91 Å². The number of amides is 1. The number of halogens is 1. The molecule has 108 valence electrons. The molecule has 0 spiro atoms. The van der Waals surface area contributed by atoms with E-state index in [1.807, 2.05) is 37.3 Å². The minimum absolute atomic E-state index is 0.0236. The standard InChI is InChI=1S/C17H16BrNO2/c1-12(11-16(20)13-7-3-2-4-8-13)19-17(21)14-9-5-6-10-15(14)18/h2-10,12H,11H2,1H3,(H,19,21)/t12-/m1/s1. The van der Waals surface area contributed by atoms with Crippen molar-refractivity contribution >= 4 is 27.6 Å². The number of nitrogens with one attached hydrogen (secondary N) is 1. The fourth-order valence-electron chi connectivity index (χ4n) is 2.02. The highest BCUT2D eigenvalue weighted by atomic mass is 79.9. The van der Waals surface area contributed by atoms with Gasteiger partial charge in [-0.05, 0) is 35.0 Å². The molecule has 21 heavy (non-hydrogen) atoms. The smallest absolute Gasteiger partial charge is 0.252 e. The van der Waals surface area contributed by atoms with Gasteiger partial charge in [-0.3, -0.25) is 9.59 Å². The molecule has 0 aliphatic carbocycles. The van der Waals surface area contributed by atoms with Crippen LogP contribution in [0.1, 0.15) is 34.1 Å². The molecule has 4 heteroatoms. The summed E-state index contributed by atoms with van der Waals surface area (Å²) in [5.74, 6) is -0.161. The fraction of sp³-hybridized carbons (Fsp3) is 0.176. The number of benzene rings is 2. The van der Waals surface area contributed by atoms with Crippen LogP contribution >= 0.6 is 15.9 Å². The van der Waals surface area contributed by atoms with Crippen molar-refractivity contribution in [2.24, 2.45) is 0 Å². The molecular formula is C17H16BrNO2. The lowest BCUT2D eigenvalue weighted by atomic mass is 10.0. The van der Waals surface area contributed by atoms with Crippen LogP contribution in [0.25, 0.3) is 0 Å². The molecular weight excluding hydrogens is 330 g/mol. The lowest BCUT2D eigenvalue weighted by molar-refractivity contribution is 0.0917. The predicted octanol–water partition coefficient (Wildman–Crippen LogP) is 3.84. The summed E-state index contributed by atoms with van der Waals surface area (Å²) in [6.07, 6.45) is 0.278. The summed E-state index contributed by atoms with van der Waals surface area (Å²) in [6, 6.07) is 16.1. The first-order chi connectivity index (χ1) is 10.1. The second-order valence-corrected chi connectivity index (χ2v) is 5.70. The van der Waals surface area contributed by atoms with Gasteiger partial charge < -0.3 is 5.32 Å². The largest absolute Gasteiger partial charge is 0.349 e. The summed E-state index contributed by atoms with van der Waals surface area (Å²) in [5, 5.41) is 2.85. The van der Waals surface area contributed by atoms with Crippen molar-refractivity contribution in [1.29, 1.82) is 0 Å². The SMILES string of the molecule is C[C@H](CC(=O)c1ccccc1)NC(=O)c1ccccc1Br. The van der Waals surface area contributed by atoms with E-state index in [9.17, 15) is 9.59 Å². The van der Waals surface area contributed by atoms with Crippen molar-refractivity contribution in [3.05, 3.63) is 70.2 Å². The van der Waals surface area contributed by atoms with E-state index < -0.39 is 0 Å². The Morgan fingerprint density at radius 1 is 1.05 bits per heavy atom. The van der Waals surface area contributed by atoms with E-state index in [-0.39, 0.29) is 24.2 Å². The summed E-state index contributed by atoms with van der Waals surface area (Å²) >= 11 is 3.35. The number of hydrogen-bond acceptors (Lipinski definition) is 2. The van der Waals surface area contributed by atoms with Gasteiger partial charge in [-0.2, -0.15) is 0 Å². The van der Waals surface area contributed by atoms with Gasteiger partial charge in [0, 0.05) is 22.5 Å². The molecule has 1 atom stereocenters. The highest BCUT2D eigenvalue weighted by Gasteiger charge is 2.15. The zero-order valence-electron chi connectivity index (χ0n) is 11.7. The van der Waals surface area contributed by atoms with E-state index in [0.717, 1.165) is 4.47 Å². The van der Waals surface area contributed by atoms with Gasteiger partial charge in [-0.25, -0.2) is 0 Å². The Morgan fingerprint density at radius 2 is 1.67 bits per heavy atom. The summed E-state index contributed by atoms with van der Waals surface area (Å²) in [4.78, 5) is 24.2. The number of ketones is 1. The van der Waals surface area contributed by atoms with Crippen LogP contribution < -0.4 is 5.32 Å². The van der Waals surface area contributed by atoms with E-state index in [2.05, 4.69) is 21.2 Å². The molecule has 2 aromatic rings. The third kappa shape index (κ3) is 4.26. The first-order valence-electron chi connectivity index (χ1n) is 6.71. The number of Topliss-reactive ketones (excluding diaryl/α,β-unsaturated/α-hetero) is 1. The molecule has 0 bridgehead atoms. The molecule has 3 nitrogen and oxygen atoms in total. The molecule has 1 amide bonds. The van der Waals surface area contributed by atoms with Gasteiger partial charge in [0.15, 0.2) is 5.78 Å². The van der Waals surface area contributed by atoms with E-state index in [4.69, 9.17) is 0 Å². The Labute approximate surface area is 132 Å². The Bertz CT molecular complexity index is 640. The molecule has 0 aliphatic rings.